The van der Waals surface area contributed by atoms with Crippen molar-refractivity contribution >= 4 is 23.3 Å². The predicted octanol–water partition coefficient (Wildman–Crippen LogP) is 4.69. The lowest BCUT2D eigenvalue weighted by Crippen LogP contribution is -2.45. The van der Waals surface area contributed by atoms with E-state index in [1.54, 1.807) is 41.3 Å². The maximum absolute atomic E-state index is 12.9. The highest BCUT2D eigenvalue weighted by Gasteiger charge is 2.24. The molecular weight excluding hydrogens is 343 g/mol. The number of amides is 2. The van der Waals surface area contributed by atoms with Crippen LogP contribution in [0.15, 0.2) is 48.5 Å². The van der Waals surface area contributed by atoms with Crippen molar-refractivity contribution in [3.8, 4) is 0 Å². The van der Waals surface area contributed by atoms with Gasteiger partial charge in [-0.15, -0.1) is 0 Å². The summed E-state index contributed by atoms with van der Waals surface area (Å²) in [4.78, 5) is 14.2. The summed E-state index contributed by atoms with van der Waals surface area (Å²) in [6.45, 7) is 1.64. The fourth-order valence-corrected chi connectivity index (χ4v) is 3.01. The highest BCUT2D eigenvalue weighted by Crippen LogP contribution is 2.19. The number of ether oxygens (including phenoxy) is 1. The van der Waals surface area contributed by atoms with Crippen LogP contribution in [0, 0.1) is 5.82 Å². The van der Waals surface area contributed by atoms with E-state index in [0.717, 1.165) is 18.4 Å². The number of hydrogen-bond donors (Lipinski definition) is 1. The maximum atomic E-state index is 12.9. The summed E-state index contributed by atoms with van der Waals surface area (Å²) >= 11 is 5.94. The first-order chi connectivity index (χ1) is 12.1. The van der Waals surface area contributed by atoms with Crippen molar-refractivity contribution in [2.24, 2.45) is 0 Å². The number of halogens is 2. The van der Waals surface area contributed by atoms with Crippen LogP contribution in [0.1, 0.15) is 18.4 Å². The standard InChI is InChI=1S/C19H20ClFN2O2/c20-15-3-1-4-17(11-15)22-19(24)23-10-2-5-18(12-23)25-13-14-6-8-16(21)9-7-14/h1,3-4,6-9,11,18H,2,5,10,12-13H2,(H,22,24). The molecule has 0 spiro atoms. The van der Waals surface area contributed by atoms with E-state index in [-0.39, 0.29) is 18.0 Å². The first-order valence-corrected chi connectivity index (χ1v) is 8.65. The number of urea groups is 1. The van der Waals surface area contributed by atoms with Crippen LogP contribution in [-0.4, -0.2) is 30.1 Å². The Kier molecular flexibility index (Phi) is 5.89. The molecule has 1 heterocycles. The molecule has 1 N–H and O–H groups in total. The molecule has 4 nitrogen and oxygen atoms in total. The van der Waals surface area contributed by atoms with Crippen molar-refractivity contribution in [2.75, 3.05) is 18.4 Å². The smallest absolute Gasteiger partial charge is 0.321 e. The number of nitrogens with zero attached hydrogens (tertiary/aromatic N) is 1. The highest BCUT2D eigenvalue weighted by molar-refractivity contribution is 6.30. The number of carbonyl (C=O) groups is 1. The molecule has 0 radical (unpaired) electrons. The van der Waals surface area contributed by atoms with Gasteiger partial charge in [0.1, 0.15) is 5.82 Å². The monoisotopic (exact) mass is 362 g/mol. The third-order valence-electron chi connectivity index (χ3n) is 4.14. The summed E-state index contributed by atoms with van der Waals surface area (Å²) in [6, 6.07) is 13.2. The molecule has 0 bridgehead atoms. The fraction of sp³-hybridized carbons (Fsp3) is 0.316. The lowest BCUT2D eigenvalue weighted by molar-refractivity contribution is 0.000999. The molecule has 6 heteroatoms. The summed E-state index contributed by atoms with van der Waals surface area (Å²) in [7, 11) is 0. The van der Waals surface area contributed by atoms with Crippen LogP contribution in [-0.2, 0) is 11.3 Å². The lowest BCUT2D eigenvalue weighted by Gasteiger charge is -2.32. The minimum Gasteiger partial charge on any atom is -0.372 e. The third kappa shape index (κ3) is 5.18. The van der Waals surface area contributed by atoms with Crippen molar-refractivity contribution in [3.63, 3.8) is 0 Å². The van der Waals surface area contributed by atoms with Crippen molar-refractivity contribution in [3.05, 3.63) is 64.9 Å². The summed E-state index contributed by atoms with van der Waals surface area (Å²) < 4.78 is 18.8. The largest absolute Gasteiger partial charge is 0.372 e. The van der Waals surface area contributed by atoms with Gasteiger partial charge in [-0.2, -0.15) is 0 Å². The zero-order valence-corrected chi connectivity index (χ0v) is 14.5. The second-order valence-electron chi connectivity index (χ2n) is 6.09. The topological polar surface area (TPSA) is 41.6 Å². The average molecular weight is 363 g/mol. The highest BCUT2D eigenvalue weighted by atomic mass is 35.5. The van der Waals surface area contributed by atoms with Crippen molar-refractivity contribution in [1.82, 2.24) is 4.90 Å². The molecule has 1 aliphatic rings. The summed E-state index contributed by atoms with van der Waals surface area (Å²) in [5, 5.41) is 3.44. The van der Waals surface area contributed by atoms with E-state index in [9.17, 15) is 9.18 Å². The minimum absolute atomic E-state index is 0.0242. The van der Waals surface area contributed by atoms with E-state index in [1.165, 1.54) is 12.1 Å². The van der Waals surface area contributed by atoms with E-state index in [4.69, 9.17) is 16.3 Å². The summed E-state index contributed by atoms with van der Waals surface area (Å²) in [5.74, 6) is -0.259. The zero-order valence-electron chi connectivity index (χ0n) is 13.8. The summed E-state index contributed by atoms with van der Waals surface area (Å²) in [6.07, 6.45) is 1.77. The molecule has 1 aliphatic heterocycles. The molecule has 0 saturated carbocycles. The normalized spacial score (nSPS) is 17.4. The number of hydrogen-bond acceptors (Lipinski definition) is 2. The molecule has 2 amide bonds. The number of carbonyl (C=O) groups excluding carboxylic acids is 1. The Morgan fingerprint density at radius 1 is 1.28 bits per heavy atom. The Balaban J connectivity index is 1.51. The number of nitrogens with one attached hydrogen (secondary N) is 1. The third-order valence-corrected chi connectivity index (χ3v) is 4.38. The summed E-state index contributed by atoms with van der Waals surface area (Å²) in [5.41, 5.74) is 1.59. The van der Waals surface area contributed by atoms with Gasteiger partial charge in [-0.1, -0.05) is 29.8 Å². The number of likely N-dealkylation sites (tertiary alicyclic amines) is 1. The SMILES string of the molecule is O=C(Nc1cccc(Cl)c1)N1CCCC(OCc2ccc(F)cc2)C1. The van der Waals surface area contributed by atoms with Gasteiger partial charge in [0.05, 0.1) is 12.7 Å². The average Bonchev–Trinajstić information content (AvgIpc) is 2.61. The Hall–Kier alpha value is -2.11. The van der Waals surface area contributed by atoms with Gasteiger partial charge >= 0.3 is 6.03 Å². The molecule has 2 aromatic rings. The van der Waals surface area contributed by atoms with E-state index in [1.807, 2.05) is 0 Å². The van der Waals surface area contributed by atoms with Crippen molar-refractivity contribution in [1.29, 1.82) is 0 Å². The first kappa shape index (κ1) is 17.7. The zero-order chi connectivity index (χ0) is 17.6. The second-order valence-corrected chi connectivity index (χ2v) is 6.52. The first-order valence-electron chi connectivity index (χ1n) is 8.28. The Morgan fingerprint density at radius 2 is 2.08 bits per heavy atom. The van der Waals surface area contributed by atoms with Gasteiger partial charge in [-0.25, -0.2) is 9.18 Å². The quantitative estimate of drug-likeness (QED) is 0.857. The van der Waals surface area contributed by atoms with E-state index < -0.39 is 0 Å². The second kappa shape index (κ2) is 8.32. The van der Waals surface area contributed by atoms with Crippen LogP contribution < -0.4 is 5.32 Å². The minimum atomic E-state index is -0.259. The molecule has 25 heavy (non-hydrogen) atoms. The Morgan fingerprint density at radius 3 is 2.84 bits per heavy atom. The molecule has 0 aliphatic carbocycles. The molecule has 132 valence electrons. The molecule has 2 aromatic carbocycles. The molecule has 1 unspecified atom stereocenters. The molecule has 1 atom stereocenters. The van der Waals surface area contributed by atoms with Crippen molar-refractivity contribution < 1.29 is 13.9 Å². The van der Waals surface area contributed by atoms with Crippen LogP contribution >= 0.6 is 11.6 Å². The van der Waals surface area contributed by atoms with Crippen LogP contribution in [0.3, 0.4) is 0 Å². The molecular formula is C19H20ClFN2O2. The van der Waals surface area contributed by atoms with Gasteiger partial charge in [-0.3, -0.25) is 0 Å². The van der Waals surface area contributed by atoms with Crippen molar-refractivity contribution in [2.45, 2.75) is 25.6 Å². The van der Waals surface area contributed by atoms with Gasteiger partial charge in [0.2, 0.25) is 0 Å². The fourth-order valence-electron chi connectivity index (χ4n) is 2.82. The van der Waals surface area contributed by atoms with Crippen LogP contribution in [0.4, 0.5) is 14.9 Å². The lowest BCUT2D eigenvalue weighted by atomic mass is 10.1. The van der Waals surface area contributed by atoms with Crippen LogP contribution in [0.5, 0.6) is 0 Å². The molecule has 0 aromatic heterocycles. The Labute approximate surface area is 151 Å². The van der Waals surface area contributed by atoms with Gasteiger partial charge in [-0.05, 0) is 48.7 Å². The van der Waals surface area contributed by atoms with Gasteiger partial charge in [0, 0.05) is 23.8 Å². The van der Waals surface area contributed by atoms with E-state index in [2.05, 4.69) is 5.32 Å². The number of benzene rings is 2. The number of rotatable bonds is 4. The van der Waals surface area contributed by atoms with Crippen LogP contribution in [0.2, 0.25) is 5.02 Å². The molecule has 1 fully saturated rings. The van der Waals surface area contributed by atoms with E-state index >= 15 is 0 Å². The number of anilines is 1. The molecule has 3 rings (SSSR count). The number of piperidine rings is 1. The van der Waals surface area contributed by atoms with Gasteiger partial charge in [0.15, 0.2) is 0 Å². The van der Waals surface area contributed by atoms with Gasteiger partial charge < -0.3 is 15.0 Å². The predicted molar refractivity (Wildman–Crippen MR) is 96.3 cm³/mol. The maximum Gasteiger partial charge on any atom is 0.321 e. The molecule has 1 saturated heterocycles. The van der Waals surface area contributed by atoms with E-state index in [0.29, 0.717) is 30.4 Å². The van der Waals surface area contributed by atoms with Gasteiger partial charge in [0.25, 0.3) is 0 Å². The van der Waals surface area contributed by atoms with Crippen LogP contribution in [0.25, 0.3) is 0 Å². The Bertz CT molecular complexity index is 724.